The van der Waals surface area contributed by atoms with Gasteiger partial charge in [-0.3, -0.25) is 9.69 Å². The van der Waals surface area contributed by atoms with Crippen molar-refractivity contribution in [3.8, 4) is 0 Å². The molecule has 7 heteroatoms. The number of aliphatic hydroxyl groups excluding tert-OH is 1. The highest BCUT2D eigenvalue weighted by Crippen LogP contribution is 2.47. The minimum atomic E-state index is -0.524. The molecule has 6 unspecified atom stereocenters. The Hall–Kier alpha value is -0.730. The minimum absolute atomic E-state index is 0.180. The lowest BCUT2D eigenvalue weighted by molar-refractivity contribution is -0.157. The first kappa shape index (κ1) is 66.8. The Balaban J connectivity index is 1.12. The van der Waals surface area contributed by atoms with Gasteiger partial charge in [0.05, 0.1) is 37.8 Å². The van der Waals surface area contributed by atoms with Gasteiger partial charge in [0.15, 0.2) is 0 Å². The number of carbonyl (C=O) groups is 1. The average Bonchev–Trinajstić information content (AvgIpc) is 4.35. The first-order chi connectivity index (χ1) is 36.9. The third kappa shape index (κ3) is 35.6. The van der Waals surface area contributed by atoms with Crippen LogP contribution in [0.25, 0.3) is 0 Å². The highest BCUT2D eigenvalue weighted by molar-refractivity contribution is 5.69. The second-order valence-corrected chi connectivity index (χ2v) is 26.1. The molecule has 6 atom stereocenters. The summed E-state index contributed by atoms with van der Waals surface area (Å²) in [6, 6.07) is 0. The summed E-state index contributed by atoms with van der Waals surface area (Å²) in [5, 5.41) is 9.77. The SMILES string of the molecule is CCCCCCCCC1CC1CCCCCCCCOCC(COCCCCCCCCC1CC1CCCCCCCC)(COCCCCCCCCC1CC1CCCCCCCC)COC(=O)CCN1CC(O)C1. The van der Waals surface area contributed by atoms with Crippen LogP contribution in [0.3, 0.4) is 0 Å². The number of likely N-dealkylation sites (tertiary alicyclic amines) is 1. The third-order valence-corrected chi connectivity index (χ3v) is 18.7. The van der Waals surface area contributed by atoms with Crippen LogP contribution in [0.5, 0.6) is 0 Å². The van der Waals surface area contributed by atoms with E-state index >= 15 is 0 Å². The Morgan fingerprint density at radius 3 is 0.933 bits per heavy atom. The van der Waals surface area contributed by atoms with Crippen LogP contribution in [0.2, 0.25) is 0 Å². The van der Waals surface area contributed by atoms with Crippen molar-refractivity contribution in [2.45, 2.75) is 322 Å². The topological polar surface area (TPSA) is 77.5 Å². The van der Waals surface area contributed by atoms with Crippen LogP contribution in [-0.2, 0) is 23.7 Å². The lowest BCUT2D eigenvalue weighted by atomic mass is 9.92. The van der Waals surface area contributed by atoms with E-state index in [1.54, 1.807) is 0 Å². The smallest absolute Gasteiger partial charge is 0.307 e. The number of hydrogen-bond acceptors (Lipinski definition) is 7. The van der Waals surface area contributed by atoms with Crippen molar-refractivity contribution < 1.29 is 28.8 Å². The number of hydrogen-bond donors (Lipinski definition) is 1. The predicted octanol–water partition coefficient (Wildman–Crippen LogP) is 19.0. The molecule has 0 aromatic rings. The number of β-amino-alcohol motifs (C(OH)–C–C–N with tert-alkyl or cyclic N) is 1. The zero-order valence-electron chi connectivity index (χ0n) is 50.6. The number of rotatable bonds is 59. The summed E-state index contributed by atoms with van der Waals surface area (Å²) in [7, 11) is 0. The first-order valence-corrected chi connectivity index (χ1v) is 34.2. The van der Waals surface area contributed by atoms with E-state index in [0.29, 0.717) is 45.9 Å². The molecular weight excluding hydrogens is 927 g/mol. The fraction of sp³-hybridized carbons (Fsp3) is 0.985. The van der Waals surface area contributed by atoms with Crippen LogP contribution in [-0.4, -0.2) is 88.0 Å². The number of carbonyl (C=O) groups excluding carboxylic acids is 1. The molecule has 0 radical (unpaired) electrons. The van der Waals surface area contributed by atoms with Crippen molar-refractivity contribution in [3.63, 3.8) is 0 Å². The Morgan fingerprint density at radius 2 is 0.653 bits per heavy atom. The highest BCUT2D eigenvalue weighted by Gasteiger charge is 2.37. The van der Waals surface area contributed by atoms with Crippen molar-refractivity contribution in [2.24, 2.45) is 40.9 Å². The molecule has 4 fully saturated rings. The molecule has 4 rings (SSSR count). The van der Waals surface area contributed by atoms with Crippen molar-refractivity contribution >= 4 is 5.97 Å². The van der Waals surface area contributed by atoms with E-state index in [-0.39, 0.29) is 18.7 Å². The number of aliphatic hydroxyl groups is 1. The molecule has 0 aromatic heterocycles. The maximum absolute atomic E-state index is 13.2. The third-order valence-electron chi connectivity index (χ3n) is 18.7. The molecule has 1 heterocycles. The molecule has 442 valence electrons. The van der Waals surface area contributed by atoms with Gasteiger partial charge in [0.2, 0.25) is 0 Å². The van der Waals surface area contributed by atoms with Crippen LogP contribution >= 0.6 is 0 Å². The molecule has 0 aromatic carbocycles. The van der Waals surface area contributed by atoms with Gasteiger partial charge >= 0.3 is 5.97 Å². The number of nitrogens with zero attached hydrogens (tertiary/aromatic N) is 1. The molecule has 1 aliphatic heterocycles. The van der Waals surface area contributed by atoms with Crippen LogP contribution in [0.1, 0.15) is 316 Å². The number of esters is 1. The molecule has 0 bridgehead atoms. The average molecular weight is 1060 g/mol. The highest BCUT2D eigenvalue weighted by atomic mass is 16.5. The molecule has 7 nitrogen and oxygen atoms in total. The van der Waals surface area contributed by atoms with Crippen molar-refractivity contribution in [2.75, 3.05) is 65.9 Å². The molecule has 75 heavy (non-hydrogen) atoms. The van der Waals surface area contributed by atoms with Gasteiger partial charge in [-0.1, -0.05) is 271 Å². The molecule has 1 N–H and O–H groups in total. The second-order valence-electron chi connectivity index (χ2n) is 26.1. The fourth-order valence-electron chi connectivity index (χ4n) is 13.0. The Morgan fingerprint density at radius 1 is 0.387 bits per heavy atom. The Labute approximate surface area is 466 Å². The van der Waals surface area contributed by atoms with Crippen molar-refractivity contribution in [3.05, 3.63) is 0 Å². The summed E-state index contributed by atoms with van der Waals surface area (Å²) in [5.74, 6) is 6.08. The zero-order valence-corrected chi connectivity index (χ0v) is 50.6. The summed E-state index contributed by atoms with van der Waals surface area (Å²) in [6.45, 7) is 12.8. The lowest BCUT2D eigenvalue weighted by Crippen LogP contribution is -2.51. The lowest BCUT2D eigenvalue weighted by Gasteiger charge is -2.35. The molecule has 1 saturated heterocycles. The van der Waals surface area contributed by atoms with E-state index < -0.39 is 5.41 Å². The largest absolute Gasteiger partial charge is 0.465 e. The van der Waals surface area contributed by atoms with Gasteiger partial charge in [0.25, 0.3) is 0 Å². The van der Waals surface area contributed by atoms with Gasteiger partial charge in [-0.2, -0.15) is 0 Å². The van der Waals surface area contributed by atoms with Crippen LogP contribution in [0.15, 0.2) is 0 Å². The second kappa shape index (κ2) is 44.9. The first-order valence-electron chi connectivity index (χ1n) is 34.2. The summed E-state index contributed by atoms with van der Waals surface area (Å²) in [6.07, 6.45) is 62.2. The van der Waals surface area contributed by atoms with Gasteiger partial charge in [0, 0.05) is 39.5 Å². The van der Waals surface area contributed by atoms with Crippen LogP contribution in [0, 0.1) is 40.9 Å². The van der Waals surface area contributed by atoms with E-state index in [1.165, 1.54) is 270 Å². The van der Waals surface area contributed by atoms with Crippen LogP contribution in [0.4, 0.5) is 0 Å². The maximum atomic E-state index is 13.2. The van der Waals surface area contributed by atoms with E-state index in [2.05, 4.69) is 25.7 Å². The Kier molecular flexibility index (Phi) is 40.0. The molecule has 3 aliphatic carbocycles. The van der Waals surface area contributed by atoms with Gasteiger partial charge in [-0.15, -0.1) is 0 Å². The predicted molar refractivity (Wildman–Crippen MR) is 319 cm³/mol. The molecule has 0 spiro atoms. The molecule has 0 amide bonds. The summed E-state index contributed by atoms with van der Waals surface area (Å²) in [4.78, 5) is 15.3. The number of ether oxygens (including phenoxy) is 4. The Bertz CT molecular complexity index is 1170. The van der Waals surface area contributed by atoms with Crippen LogP contribution < -0.4 is 0 Å². The van der Waals surface area contributed by atoms with E-state index in [0.717, 1.165) is 74.6 Å². The fourth-order valence-corrected chi connectivity index (χ4v) is 13.0. The van der Waals surface area contributed by atoms with E-state index in [9.17, 15) is 9.90 Å². The van der Waals surface area contributed by atoms with E-state index in [4.69, 9.17) is 18.9 Å². The standard InChI is InChI=1S/C68H129NO6/c1-4-7-10-13-22-31-40-60-51-63(60)43-34-25-16-19-28-37-48-72-56-68(59-75-67(71)46-47-69-54-66(70)55-69,57-73-49-38-29-20-17-26-35-44-64-52-61(64)41-32-23-14-11-8-5-2)58-74-50-39-30-21-18-27-36-45-65-53-62(65)42-33-24-15-12-9-6-3/h60-66,70H,4-59H2,1-3H3. The summed E-state index contributed by atoms with van der Waals surface area (Å²) in [5.41, 5.74) is -0.524. The zero-order chi connectivity index (χ0) is 53.1. The quantitative estimate of drug-likeness (QED) is 0.0480. The molecular formula is C68H129NO6. The molecule has 3 saturated carbocycles. The molecule has 4 aliphatic rings. The number of unbranched alkanes of at least 4 members (excludes halogenated alkanes) is 30. The van der Waals surface area contributed by atoms with Crippen molar-refractivity contribution in [1.82, 2.24) is 4.90 Å². The van der Waals surface area contributed by atoms with E-state index in [1.807, 2.05) is 0 Å². The van der Waals surface area contributed by atoms with Crippen molar-refractivity contribution in [1.29, 1.82) is 0 Å². The summed E-state index contributed by atoms with van der Waals surface area (Å²) < 4.78 is 25.6. The maximum Gasteiger partial charge on any atom is 0.307 e. The van der Waals surface area contributed by atoms with Gasteiger partial charge in [-0.25, -0.2) is 0 Å². The van der Waals surface area contributed by atoms with Gasteiger partial charge < -0.3 is 24.1 Å². The normalized spacial score (nSPS) is 22.1. The monoisotopic (exact) mass is 1060 g/mol. The van der Waals surface area contributed by atoms with Gasteiger partial charge in [0.1, 0.15) is 6.61 Å². The summed E-state index contributed by atoms with van der Waals surface area (Å²) >= 11 is 0. The van der Waals surface area contributed by atoms with Gasteiger partial charge in [-0.05, 0) is 74.0 Å². The minimum Gasteiger partial charge on any atom is -0.465 e.